The van der Waals surface area contributed by atoms with Crippen LogP contribution < -0.4 is 10.0 Å². The monoisotopic (exact) mass is 500 g/mol. The zero-order valence-corrected chi connectivity index (χ0v) is 20.0. The van der Waals surface area contributed by atoms with E-state index in [2.05, 4.69) is 15.0 Å². The molecule has 1 atom stereocenters. The second kappa shape index (κ2) is 10.6. The summed E-state index contributed by atoms with van der Waals surface area (Å²) in [5.74, 6) is -0.511. The number of nitrogens with zero attached hydrogens (tertiary/aromatic N) is 2. The highest BCUT2D eigenvalue weighted by Crippen LogP contribution is 2.32. The largest absolute Gasteiger partial charge is 0.464 e. The molecule has 0 saturated carbocycles. The second-order valence-corrected chi connectivity index (χ2v) is 9.38. The molecule has 0 aliphatic carbocycles. The lowest BCUT2D eigenvalue weighted by Crippen LogP contribution is -2.16. The number of ether oxygens (including phenoxy) is 1. The first-order chi connectivity index (χ1) is 16.0. The molecule has 2 aromatic heterocycles. The van der Waals surface area contributed by atoms with E-state index >= 15 is 0 Å². The van der Waals surface area contributed by atoms with Gasteiger partial charge < -0.3 is 10.1 Å². The maximum Gasteiger partial charge on any atom is 0.359 e. The molecule has 0 unspecified atom stereocenters. The molecule has 2 aromatic carbocycles. The third-order valence-corrected chi connectivity index (χ3v) is 6.87. The number of hydrogen-bond acceptors (Lipinski definition) is 9. The summed E-state index contributed by atoms with van der Waals surface area (Å²) >= 11 is 2.86. The van der Waals surface area contributed by atoms with Crippen LogP contribution >= 0.6 is 22.7 Å². The molecule has 4 rings (SSSR count). The molecule has 0 spiro atoms. The highest BCUT2D eigenvalue weighted by Gasteiger charge is 2.22. The van der Waals surface area contributed by atoms with Crippen molar-refractivity contribution in [3.05, 3.63) is 82.4 Å². The number of thiazole rings is 2. The smallest absolute Gasteiger partial charge is 0.359 e. The average molecular weight is 501 g/mol. The number of benzene rings is 2. The van der Waals surface area contributed by atoms with Gasteiger partial charge in [-0.1, -0.05) is 42.5 Å². The number of nitrogens with one attached hydrogen (secondary N) is 2. The summed E-state index contributed by atoms with van der Waals surface area (Å²) in [5, 5.41) is 6.90. The molecule has 0 amide bonds. The van der Waals surface area contributed by atoms with Gasteiger partial charge in [0.2, 0.25) is 10.9 Å². The lowest BCUT2D eigenvalue weighted by molar-refractivity contribution is 0.0596. The minimum absolute atomic E-state index is 0.227. The van der Waals surface area contributed by atoms with Crippen molar-refractivity contribution in [1.29, 1.82) is 0 Å². The number of anilines is 2. The lowest BCUT2D eigenvalue weighted by atomic mass is 10.0. The molecule has 0 aliphatic rings. The molecule has 2 N–H and O–H groups in total. The van der Waals surface area contributed by atoms with Crippen LogP contribution in [-0.4, -0.2) is 31.5 Å². The van der Waals surface area contributed by atoms with Crippen molar-refractivity contribution < 1.29 is 17.9 Å². The van der Waals surface area contributed by atoms with Crippen molar-refractivity contribution in [3.63, 3.8) is 0 Å². The van der Waals surface area contributed by atoms with Gasteiger partial charge in [0.05, 0.1) is 24.4 Å². The summed E-state index contributed by atoms with van der Waals surface area (Å²) < 4.78 is 29.0. The first kappa shape index (κ1) is 22.9. The van der Waals surface area contributed by atoms with Gasteiger partial charge in [-0.25, -0.2) is 23.2 Å². The molecule has 0 fully saturated rings. The fourth-order valence-electron chi connectivity index (χ4n) is 3.19. The predicted octanol–water partition coefficient (Wildman–Crippen LogP) is 4.39. The van der Waals surface area contributed by atoms with Crippen LogP contribution in [0.3, 0.4) is 0 Å². The van der Waals surface area contributed by atoms with Crippen LogP contribution in [0.4, 0.5) is 10.7 Å². The quantitative estimate of drug-likeness (QED) is 0.231. The second-order valence-electron chi connectivity index (χ2n) is 6.93. The third-order valence-electron chi connectivity index (χ3n) is 4.77. The summed E-state index contributed by atoms with van der Waals surface area (Å²) in [4.78, 5) is 21.1. The normalized spacial score (nSPS) is 11.8. The summed E-state index contributed by atoms with van der Waals surface area (Å²) in [6, 6.07) is 16.8. The Hall–Kier alpha value is -3.28. The molecule has 0 saturated heterocycles. The van der Waals surface area contributed by atoms with Crippen LogP contribution in [-0.2, 0) is 22.0 Å². The number of rotatable bonds is 9. The Kier molecular flexibility index (Phi) is 7.33. The Labute approximate surface area is 200 Å². The minimum atomic E-state index is -2.72. The molecular formula is C22H20N4O4S3. The number of hydrogen-bond donors (Lipinski definition) is 3. The van der Waals surface area contributed by atoms with Crippen LogP contribution in [0, 0.1) is 0 Å². The number of esters is 1. The van der Waals surface area contributed by atoms with Gasteiger partial charge >= 0.3 is 5.97 Å². The zero-order valence-electron chi connectivity index (χ0n) is 17.4. The maximum absolute atomic E-state index is 12.1. The predicted molar refractivity (Wildman–Crippen MR) is 131 cm³/mol. The number of methoxy groups -OCH3 is 1. The van der Waals surface area contributed by atoms with Crippen LogP contribution in [0.25, 0.3) is 10.6 Å². The highest BCUT2D eigenvalue weighted by molar-refractivity contribution is 7.73. The van der Waals surface area contributed by atoms with E-state index in [4.69, 9.17) is 9.72 Å². The Morgan fingerprint density at radius 2 is 1.85 bits per heavy atom. The standard InChI is InChI=1S/C22H20N4O4S3/c1-30-22(27)19-21(32-13-23-19)24-17(11-14-7-9-16(10-8-14)26-33(28)29)18-12-31-20(25-18)15-5-3-2-4-6-15/h2-10,12-13,17,24,33H,11H2,1H3,(H,26,28,29)/t17-/m0/s1. The van der Waals surface area contributed by atoms with Gasteiger partial charge in [0, 0.05) is 16.6 Å². The summed E-state index contributed by atoms with van der Waals surface area (Å²) in [6.45, 7) is 0. The summed E-state index contributed by atoms with van der Waals surface area (Å²) in [7, 11) is -1.40. The van der Waals surface area contributed by atoms with Crippen molar-refractivity contribution in [2.75, 3.05) is 17.1 Å². The minimum Gasteiger partial charge on any atom is -0.464 e. The Balaban J connectivity index is 1.63. The van der Waals surface area contributed by atoms with Crippen LogP contribution in [0.5, 0.6) is 0 Å². The molecule has 4 aromatic rings. The number of carbonyl (C=O) groups is 1. The van der Waals surface area contributed by atoms with E-state index in [9.17, 15) is 13.2 Å². The fraction of sp³-hybridized carbons (Fsp3) is 0.136. The van der Waals surface area contributed by atoms with Crippen LogP contribution in [0.2, 0.25) is 0 Å². The Bertz CT molecular complexity index is 1290. The van der Waals surface area contributed by atoms with E-state index in [1.807, 2.05) is 47.8 Å². The number of carbonyl (C=O) groups excluding carboxylic acids is 1. The third kappa shape index (κ3) is 5.75. The van der Waals surface area contributed by atoms with Gasteiger partial charge in [-0.05, 0) is 24.1 Å². The molecule has 11 heteroatoms. The summed E-state index contributed by atoms with van der Waals surface area (Å²) in [6.07, 6.45) is 0.556. The maximum atomic E-state index is 12.1. The highest BCUT2D eigenvalue weighted by atomic mass is 32.2. The zero-order chi connectivity index (χ0) is 23.2. The van der Waals surface area contributed by atoms with Crippen molar-refractivity contribution in [2.45, 2.75) is 12.5 Å². The van der Waals surface area contributed by atoms with Crippen molar-refractivity contribution in [3.8, 4) is 10.6 Å². The van der Waals surface area contributed by atoms with Gasteiger partial charge in [-0.15, -0.1) is 22.7 Å². The van der Waals surface area contributed by atoms with Crippen LogP contribution in [0.1, 0.15) is 27.8 Å². The van der Waals surface area contributed by atoms with E-state index in [0.29, 0.717) is 17.1 Å². The SMILES string of the molecule is COC(=O)c1ncsc1N[C@@H](Cc1ccc(N[SH](=O)=O)cc1)c1csc(-c2ccccc2)n1. The molecule has 0 radical (unpaired) electrons. The topological polar surface area (TPSA) is 110 Å². The molecule has 8 nitrogen and oxygen atoms in total. The first-order valence-electron chi connectivity index (χ1n) is 9.82. The fourth-order valence-corrected chi connectivity index (χ4v) is 5.16. The number of aromatic nitrogens is 2. The van der Waals surface area contributed by atoms with E-state index in [-0.39, 0.29) is 11.7 Å². The van der Waals surface area contributed by atoms with Crippen molar-refractivity contribution in [1.82, 2.24) is 9.97 Å². The Morgan fingerprint density at radius 1 is 1.09 bits per heavy atom. The van der Waals surface area contributed by atoms with Gasteiger partial charge in [0.1, 0.15) is 10.0 Å². The van der Waals surface area contributed by atoms with Gasteiger partial charge in [0.25, 0.3) is 0 Å². The van der Waals surface area contributed by atoms with E-state index in [1.165, 1.54) is 18.4 Å². The molecular weight excluding hydrogens is 480 g/mol. The Morgan fingerprint density at radius 3 is 2.55 bits per heavy atom. The molecule has 0 bridgehead atoms. The van der Waals surface area contributed by atoms with Crippen LogP contribution in [0.15, 0.2) is 65.5 Å². The molecule has 170 valence electrons. The molecule has 33 heavy (non-hydrogen) atoms. The molecule has 2 heterocycles. The molecule has 0 aliphatic heterocycles. The summed E-state index contributed by atoms with van der Waals surface area (Å²) in [5.41, 5.74) is 5.14. The van der Waals surface area contributed by atoms with E-state index in [1.54, 1.807) is 29.0 Å². The van der Waals surface area contributed by atoms with Crippen molar-refractivity contribution in [2.24, 2.45) is 0 Å². The average Bonchev–Trinajstić information content (AvgIpc) is 3.50. The van der Waals surface area contributed by atoms with E-state index < -0.39 is 16.9 Å². The van der Waals surface area contributed by atoms with Gasteiger partial charge in [-0.2, -0.15) is 0 Å². The lowest BCUT2D eigenvalue weighted by Gasteiger charge is -2.18. The van der Waals surface area contributed by atoms with Gasteiger partial charge in [0.15, 0.2) is 5.69 Å². The van der Waals surface area contributed by atoms with Crippen molar-refractivity contribution >= 4 is 50.2 Å². The van der Waals surface area contributed by atoms with E-state index in [0.717, 1.165) is 21.8 Å². The number of thiol groups is 1. The van der Waals surface area contributed by atoms with Gasteiger partial charge in [-0.3, -0.25) is 4.72 Å². The first-order valence-corrected chi connectivity index (χ1v) is 12.8.